The lowest BCUT2D eigenvalue weighted by molar-refractivity contribution is 0.811. The molecule has 0 N–H and O–H groups in total. The SMILES string of the molecule is CC(N=O)c1cccc(I)c1. The maximum atomic E-state index is 10.2. The van der Waals surface area contributed by atoms with Crippen LogP contribution in [0.25, 0.3) is 0 Å². The van der Waals surface area contributed by atoms with Crippen LogP contribution in [0.4, 0.5) is 0 Å². The van der Waals surface area contributed by atoms with E-state index in [1.54, 1.807) is 6.92 Å². The second-order valence-corrected chi connectivity index (χ2v) is 3.58. The van der Waals surface area contributed by atoms with Crippen molar-refractivity contribution in [3.63, 3.8) is 0 Å². The van der Waals surface area contributed by atoms with E-state index in [1.807, 2.05) is 24.3 Å². The van der Waals surface area contributed by atoms with Crippen LogP contribution in [0.2, 0.25) is 0 Å². The second-order valence-electron chi connectivity index (χ2n) is 2.34. The molecule has 0 aliphatic rings. The van der Waals surface area contributed by atoms with Gasteiger partial charge in [0.05, 0.1) is 0 Å². The average Bonchev–Trinajstić information content (AvgIpc) is 2.03. The Bertz CT molecular complexity index is 262. The highest BCUT2D eigenvalue weighted by atomic mass is 127. The highest BCUT2D eigenvalue weighted by molar-refractivity contribution is 14.1. The first-order valence-corrected chi connectivity index (χ1v) is 4.40. The Balaban J connectivity index is 2.95. The molecule has 2 nitrogen and oxygen atoms in total. The molecule has 0 radical (unpaired) electrons. The molecule has 1 rings (SSSR count). The summed E-state index contributed by atoms with van der Waals surface area (Å²) in [6.07, 6.45) is 0. The molecule has 58 valence electrons. The van der Waals surface area contributed by atoms with Crippen LogP contribution < -0.4 is 0 Å². The van der Waals surface area contributed by atoms with E-state index in [1.165, 1.54) is 0 Å². The zero-order chi connectivity index (χ0) is 8.27. The average molecular weight is 261 g/mol. The van der Waals surface area contributed by atoms with E-state index in [4.69, 9.17) is 0 Å². The van der Waals surface area contributed by atoms with E-state index in [-0.39, 0.29) is 6.04 Å². The Kier molecular flexibility index (Phi) is 2.99. The molecule has 0 saturated heterocycles. The molecule has 1 atom stereocenters. The van der Waals surface area contributed by atoms with Crippen LogP contribution in [-0.4, -0.2) is 0 Å². The zero-order valence-corrected chi connectivity index (χ0v) is 8.28. The van der Waals surface area contributed by atoms with E-state index >= 15 is 0 Å². The minimum atomic E-state index is -0.232. The Morgan fingerprint density at radius 3 is 2.82 bits per heavy atom. The third-order valence-corrected chi connectivity index (χ3v) is 2.16. The van der Waals surface area contributed by atoms with Crippen molar-refractivity contribution in [1.82, 2.24) is 0 Å². The van der Waals surface area contributed by atoms with E-state index in [9.17, 15) is 4.91 Å². The van der Waals surface area contributed by atoms with Crippen molar-refractivity contribution < 1.29 is 0 Å². The van der Waals surface area contributed by atoms with Crippen LogP contribution in [0, 0.1) is 8.48 Å². The first-order chi connectivity index (χ1) is 5.24. The molecule has 0 bridgehead atoms. The summed E-state index contributed by atoms with van der Waals surface area (Å²) in [4.78, 5) is 10.2. The van der Waals surface area contributed by atoms with E-state index < -0.39 is 0 Å². The zero-order valence-electron chi connectivity index (χ0n) is 6.12. The molecule has 0 saturated carbocycles. The lowest BCUT2D eigenvalue weighted by Crippen LogP contribution is -1.87. The highest BCUT2D eigenvalue weighted by Crippen LogP contribution is 2.17. The van der Waals surface area contributed by atoms with E-state index in [0.717, 1.165) is 9.13 Å². The van der Waals surface area contributed by atoms with Gasteiger partial charge in [0.1, 0.15) is 6.04 Å². The normalized spacial score (nSPS) is 12.5. The number of hydrogen-bond acceptors (Lipinski definition) is 2. The number of nitrogens with zero attached hydrogens (tertiary/aromatic N) is 1. The fraction of sp³-hybridized carbons (Fsp3) is 0.250. The van der Waals surface area contributed by atoms with Gasteiger partial charge >= 0.3 is 0 Å². The summed E-state index contributed by atoms with van der Waals surface area (Å²) < 4.78 is 1.13. The van der Waals surface area contributed by atoms with Gasteiger partial charge in [0, 0.05) is 3.57 Å². The summed E-state index contributed by atoms with van der Waals surface area (Å²) in [7, 11) is 0. The molecule has 0 aromatic heterocycles. The Morgan fingerprint density at radius 1 is 1.55 bits per heavy atom. The smallest absolute Gasteiger partial charge is 0.114 e. The number of benzene rings is 1. The summed E-state index contributed by atoms with van der Waals surface area (Å²) in [5, 5.41) is 2.95. The van der Waals surface area contributed by atoms with Crippen molar-refractivity contribution in [2.24, 2.45) is 5.18 Å². The lowest BCUT2D eigenvalue weighted by atomic mass is 10.1. The molecular formula is C8H8INO. The molecule has 3 heteroatoms. The number of hydrogen-bond donors (Lipinski definition) is 0. The van der Waals surface area contributed by atoms with E-state index in [0.29, 0.717) is 0 Å². The van der Waals surface area contributed by atoms with Crippen LogP contribution in [0.3, 0.4) is 0 Å². The van der Waals surface area contributed by atoms with Crippen LogP contribution in [0.5, 0.6) is 0 Å². The van der Waals surface area contributed by atoms with Crippen molar-refractivity contribution in [2.75, 3.05) is 0 Å². The standard InChI is InChI=1S/C8H8INO/c1-6(10-11)7-3-2-4-8(9)5-7/h2-6H,1H3. The highest BCUT2D eigenvalue weighted by Gasteiger charge is 2.03. The van der Waals surface area contributed by atoms with Gasteiger partial charge in [-0.15, -0.1) is 0 Å². The fourth-order valence-electron chi connectivity index (χ4n) is 0.827. The van der Waals surface area contributed by atoms with Crippen molar-refractivity contribution in [3.05, 3.63) is 38.3 Å². The first kappa shape index (κ1) is 8.64. The van der Waals surface area contributed by atoms with Gasteiger partial charge in [-0.25, -0.2) is 0 Å². The summed E-state index contributed by atoms with van der Waals surface area (Å²) in [6, 6.07) is 7.56. The van der Waals surface area contributed by atoms with Crippen molar-refractivity contribution in [1.29, 1.82) is 0 Å². The maximum Gasteiger partial charge on any atom is 0.114 e. The molecule has 0 fully saturated rings. The molecule has 1 aromatic rings. The first-order valence-electron chi connectivity index (χ1n) is 3.32. The van der Waals surface area contributed by atoms with Gasteiger partial charge in [-0.1, -0.05) is 17.3 Å². The summed E-state index contributed by atoms with van der Waals surface area (Å²) in [5.41, 5.74) is 0.979. The van der Waals surface area contributed by atoms with Gasteiger partial charge in [0.25, 0.3) is 0 Å². The number of halogens is 1. The molecule has 1 unspecified atom stereocenters. The Labute approximate surface area is 79.1 Å². The van der Waals surface area contributed by atoms with Crippen molar-refractivity contribution >= 4 is 22.6 Å². The van der Waals surface area contributed by atoms with Crippen LogP contribution in [0.1, 0.15) is 18.5 Å². The molecule has 11 heavy (non-hydrogen) atoms. The fourth-order valence-corrected chi connectivity index (χ4v) is 1.39. The van der Waals surface area contributed by atoms with Crippen LogP contribution in [-0.2, 0) is 0 Å². The minimum Gasteiger partial charge on any atom is -0.150 e. The maximum absolute atomic E-state index is 10.2. The van der Waals surface area contributed by atoms with Crippen LogP contribution >= 0.6 is 22.6 Å². The quantitative estimate of drug-likeness (QED) is 0.594. The predicted octanol–water partition coefficient (Wildman–Crippen LogP) is 3.12. The monoisotopic (exact) mass is 261 g/mol. The molecule has 0 spiro atoms. The van der Waals surface area contributed by atoms with Gasteiger partial charge in [-0.3, -0.25) is 0 Å². The molecule has 0 aliphatic heterocycles. The minimum absolute atomic E-state index is 0.232. The van der Waals surface area contributed by atoms with Gasteiger partial charge in [0.2, 0.25) is 0 Å². The predicted molar refractivity (Wildman–Crippen MR) is 53.4 cm³/mol. The van der Waals surface area contributed by atoms with Gasteiger partial charge in [-0.2, -0.15) is 4.91 Å². The molecule has 0 heterocycles. The summed E-state index contributed by atoms with van der Waals surface area (Å²) in [5.74, 6) is 0. The largest absolute Gasteiger partial charge is 0.150 e. The third-order valence-electron chi connectivity index (χ3n) is 1.49. The lowest BCUT2D eigenvalue weighted by Gasteiger charge is -2.01. The number of nitroso groups, excluding NO2 is 1. The summed E-state index contributed by atoms with van der Waals surface area (Å²) in [6.45, 7) is 1.79. The molecule has 0 aliphatic carbocycles. The molecule has 1 aromatic carbocycles. The van der Waals surface area contributed by atoms with Crippen molar-refractivity contribution in [3.8, 4) is 0 Å². The topological polar surface area (TPSA) is 29.4 Å². The Morgan fingerprint density at radius 2 is 2.27 bits per heavy atom. The van der Waals surface area contributed by atoms with Gasteiger partial charge in [0.15, 0.2) is 0 Å². The molecular weight excluding hydrogens is 253 g/mol. The van der Waals surface area contributed by atoms with Crippen molar-refractivity contribution in [2.45, 2.75) is 13.0 Å². The third kappa shape index (κ3) is 2.25. The van der Waals surface area contributed by atoms with E-state index in [2.05, 4.69) is 27.8 Å². The summed E-state index contributed by atoms with van der Waals surface area (Å²) >= 11 is 2.21. The Hall–Kier alpha value is -0.450. The van der Waals surface area contributed by atoms with Gasteiger partial charge < -0.3 is 0 Å². The molecule has 0 amide bonds. The number of rotatable bonds is 2. The second kappa shape index (κ2) is 3.80. The van der Waals surface area contributed by atoms with Gasteiger partial charge in [-0.05, 0) is 47.2 Å². The van der Waals surface area contributed by atoms with Crippen LogP contribution in [0.15, 0.2) is 29.4 Å².